The van der Waals surface area contributed by atoms with E-state index < -0.39 is 15.9 Å². The number of nitrogens with zero attached hydrogens (tertiary/aromatic N) is 2. The summed E-state index contributed by atoms with van der Waals surface area (Å²) in [5, 5.41) is 3.09. The van der Waals surface area contributed by atoms with Crippen molar-refractivity contribution in [3.8, 4) is 11.5 Å². The molecule has 0 radical (unpaired) electrons. The lowest BCUT2D eigenvalue weighted by molar-refractivity contribution is 0.0730. The molecule has 164 valence electrons. The van der Waals surface area contributed by atoms with Crippen LogP contribution in [0.3, 0.4) is 0 Å². The standard InChI is InChI=1S/C20H21N3O6S2/c1-27-15-4-3-5-16(28-2)18(15)19(24)22-20-21-14-7-6-13(12-17(14)30-20)31(25,26)23-8-10-29-11-9-23/h3-7,12H,8-11H2,1-2H3,(H,21,22,24). The first-order valence-electron chi connectivity index (χ1n) is 9.45. The number of rotatable bonds is 6. The normalized spacial score (nSPS) is 15.0. The third-order valence-corrected chi connectivity index (χ3v) is 7.67. The fourth-order valence-corrected chi connectivity index (χ4v) is 5.70. The number of sulfonamides is 1. The van der Waals surface area contributed by atoms with Crippen LogP contribution in [0.5, 0.6) is 11.5 Å². The zero-order valence-corrected chi connectivity index (χ0v) is 18.6. The molecule has 3 aromatic rings. The Morgan fingerprint density at radius 1 is 1.13 bits per heavy atom. The summed E-state index contributed by atoms with van der Waals surface area (Å²) < 4.78 is 43.7. The summed E-state index contributed by atoms with van der Waals surface area (Å²) in [5.74, 6) is 0.309. The van der Waals surface area contributed by atoms with E-state index in [0.29, 0.717) is 53.2 Å². The third kappa shape index (κ3) is 4.22. The topological polar surface area (TPSA) is 107 Å². The minimum Gasteiger partial charge on any atom is -0.496 e. The van der Waals surface area contributed by atoms with E-state index in [-0.39, 0.29) is 10.5 Å². The Kier molecular flexibility index (Phi) is 6.10. The van der Waals surface area contributed by atoms with Gasteiger partial charge in [0.25, 0.3) is 5.91 Å². The van der Waals surface area contributed by atoms with Gasteiger partial charge in [-0.3, -0.25) is 10.1 Å². The Morgan fingerprint density at radius 2 is 1.81 bits per heavy atom. The fraction of sp³-hybridized carbons (Fsp3) is 0.300. The highest BCUT2D eigenvalue weighted by molar-refractivity contribution is 7.89. The minimum absolute atomic E-state index is 0.190. The van der Waals surface area contributed by atoms with E-state index >= 15 is 0 Å². The molecule has 0 spiro atoms. The van der Waals surface area contributed by atoms with Gasteiger partial charge in [0.1, 0.15) is 17.1 Å². The number of benzene rings is 2. The lowest BCUT2D eigenvalue weighted by Gasteiger charge is -2.25. The Labute approximate surface area is 183 Å². The van der Waals surface area contributed by atoms with Crippen LogP contribution < -0.4 is 14.8 Å². The maximum absolute atomic E-state index is 12.9. The third-order valence-electron chi connectivity index (χ3n) is 4.84. The summed E-state index contributed by atoms with van der Waals surface area (Å²) in [6.45, 7) is 1.41. The summed E-state index contributed by atoms with van der Waals surface area (Å²) in [6.07, 6.45) is 0. The molecule has 1 amide bonds. The minimum atomic E-state index is -3.62. The number of ether oxygens (including phenoxy) is 3. The van der Waals surface area contributed by atoms with Gasteiger partial charge in [0.2, 0.25) is 10.0 Å². The molecule has 2 aromatic carbocycles. The molecule has 0 saturated carbocycles. The zero-order valence-electron chi connectivity index (χ0n) is 17.0. The Balaban J connectivity index is 1.62. The highest BCUT2D eigenvalue weighted by atomic mass is 32.2. The molecule has 0 atom stereocenters. The highest BCUT2D eigenvalue weighted by Gasteiger charge is 2.27. The molecule has 1 N–H and O–H groups in total. The second kappa shape index (κ2) is 8.79. The number of hydrogen-bond donors (Lipinski definition) is 1. The van der Waals surface area contributed by atoms with Crippen LogP contribution in [0.15, 0.2) is 41.3 Å². The van der Waals surface area contributed by atoms with Gasteiger partial charge >= 0.3 is 0 Å². The lowest BCUT2D eigenvalue weighted by atomic mass is 10.1. The van der Waals surface area contributed by atoms with E-state index in [0.717, 1.165) is 0 Å². The zero-order chi connectivity index (χ0) is 22.0. The van der Waals surface area contributed by atoms with Crippen LogP contribution in [0, 0.1) is 0 Å². The van der Waals surface area contributed by atoms with E-state index in [2.05, 4.69) is 10.3 Å². The van der Waals surface area contributed by atoms with E-state index in [1.807, 2.05) is 0 Å². The fourth-order valence-electron chi connectivity index (χ4n) is 3.29. The molecule has 4 rings (SSSR count). The molecule has 11 heteroatoms. The van der Waals surface area contributed by atoms with Crippen LogP contribution in [0.1, 0.15) is 10.4 Å². The van der Waals surface area contributed by atoms with Crippen LogP contribution in [-0.2, 0) is 14.8 Å². The predicted molar refractivity (Wildman–Crippen MR) is 117 cm³/mol. The SMILES string of the molecule is COc1cccc(OC)c1C(=O)Nc1nc2ccc(S(=O)(=O)N3CCOCC3)cc2s1. The molecule has 1 aromatic heterocycles. The molecule has 2 heterocycles. The van der Waals surface area contributed by atoms with Crippen LogP contribution >= 0.6 is 11.3 Å². The lowest BCUT2D eigenvalue weighted by Crippen LogP contribution is -2.40. The van der Waals surface area contributed by atoms with Crippen molar-refractivity contribution in [1.29, 1.82) is 0 Å². The molecule has 1 fully saturated rings. The average molecular weight is 464 g/mol. The molecule has 1 aliphatic heterocycles. The number of aromatic nitrogens is 1. The second-order valence-electron chi connectivity index (χ2n) is 6.66. The van der Waals surface area contributed by atoms with E-state index in [1.165, 1.54) is 35.9 Å². The molecule has 31 heavy (non-hydrogen) atoms. The number of carbonyl (C=O) groups excluding carboxylic acids is 1. The highest BCUT2D eigenvalue weighted by Crippen LogP contribution is 2.32. The number of thiazole rings is 1. The van der Waals surface area contributed by atoms with Crippen LogP contribution in [0.25, 0.3) is 10.2 Å². The van der Waals surface area contributed by atoms with Gasteiger partial charge in [-0.05, 0) is 30.3 Å². The first kappa shape index (κ1) is 21.5. The van der Waals surface area contributed by atoms with Gasteiger partial charge in [-0.15, -0.1) is 0 Å². The van der Waals surface area contributed by atoms with Gasteiger partial charge in [-0.1, -0.05) is 17.4 Å². The van der Waals surface area contributed by atoms with Crippen molar-refractivity contribution < 1.29 is 27.4 Å². The summed E-state index contributed by atoms with van der Waals surface area (Å²) in [7, 11) is -0.673. The number of anilines is 1. The molecule has 9 nitrogen and oxygen atoms in total. The van der Waals surface area contributed by atoms with Crippen molar-refractivity contribution in [3.05, 3.63) is 42.0 Å². The van der Waals surface area contributed by atoms with Gasteiger partial charge in [-0.25, -0.2) is 13.4 Å². The first-order chi connectivity index (χ1) is 14.9. The van der Waals surface area contributed by atoms with Crippen LogP contribution in [0.4, 0.5) is 5.13 Å². The van der Waals surface area contributed by atoms with Gasteiger partial charge in [0.15, 0.2) is 5.13 Å². The molecule has 1 saturated heterocycles. The molecule has 0 aliphatic carbocycles. The van der Waals surface area contributed by atoms with E-state index in [4.69, 9.17) is 14.2 Å². The monoisotopic (exact) mass is 463 g/mol. The summed E-state index contributed by atoms with van der Waals surface area (Å²) in [4.78, 5) is 17.5. The molecular weight excluding hydrogens is 442 g/mol. The smallest absolute Gasteiger partial charge is 0.265 e. The van der Waals surface area contributed by atoms with Crippen molar-refractivity contribution in [2.24, 2.45) is 0 Å². The largest absolute Gasteiger partial charge is 0.496 e. The van der Waals surface area contributed by atoms with E-state index in [1.54, 1.807) is 30.3 Å². The van der Waals surface area contributed by atoms with Crippen molar-refractivity contribution in [2.45, 2.75) is 4.90 Å². The summed E-state index contributed by atoms with van der Waals surface area (Å²) >= 11 is 1.19. The van der Waals surface area contributed by atoms with Gasteiger partial charge in [0, 0.05) is 13.1 Å². The molecule has 0 unspecified atom stereocenters. The first-order valence-corrected chi connectivity index (χ1v) is 11.7. The number of nitrogens with one attached hydrogen (secondary N) is 1. The second-order valence-corrected chi connectivity index (χ2v) is 9.63. The van der Waals surface area contributed by atoms with Gasteiger partial charge in [0.05, 0.1) is 42.5 Å². The quantitative estimate of drug-likeness (QED) is 0.599. The molecule has 1 aliphatic rings. The maximum Gasteiger partial charge on any atom is 0.265 e. The maximum atomic E-state index is 12.9. The number of methoxy groups -OCH3 is 2. The summed E-state index contributed by atoms with van der Waals surface area (Å²) in [6, 6.07) is 9.80. The predicted octanol–water partition coefficient (Wildman–Crippen LogP) is 2.59. The van der Waals surface area contributed by atoms with Crippen LogP contribution in [0.2, 0.25) is 0 Å². The van der Waals surface area contributed by atoms with Gasteiger partial charge < -0.3 is 14.2 Å². The van der Waals surface area contributed by atoms with Gasteiger partial charge in [-0.2, -0.15) is 4.31 Å². The number of fused-ring (bicyclic) bond motifs is 1. The molecular formula is C20H21N3O6S2. The number of carbonyl (C=O) groups is 1. The van der Waals surface area contributed by atoms with Crippen molar-refractivity contribution >= 4 is 42.6 Å². The number of hydrogen-bond acceptors (Lipinski definition) is 8. The van der Waals surface area contributed by atoms with Crippen molar-refractivity contribution in [2.75, 3.05) is 45.8 Å². The van der Waals surface area contributed by atoms with Crippen molar-refractivity contribution in [1.82, 2.24) is 9.29 Å². The Hall–Kier alpha value is -2.73. The van der Waals surface area contributed by atoms with Crippen molar-refractivity contribution in [3.63, 3.8) is 0 Å². The Morgan fingerprint density at radius 3 is 2.45 bits per heavy atom. The average Bonchev–Trinajstić information content (AvgIpc) is 3.20. The Bertz CT molecular complexity index is 1200. The number of morpholine rings is 1. The molecule has 0 bridgehead atoms. The summed E-state index contributed by atoms with van der Waals surface area (Å²) in [5.41, 5.74) is 0.843. The van der Waals surface area contributed by atoms with E-state index in [9.17, 15) is 13.2 Å². The van der Waals surface area contributed by atoms with Crippen LogP contribution in [-0.4, -0.2) is 64.1 Å². The number of amides is 1.